The van der Waals surface area contributed by atoms with Gasteiger partial charge in [0.05, 0.1) is 75.2 Å². The van der Waals surface area contributed by atoms with E-state index in [1.54, 1.807) is 105 Å². The van der Waals surface area contributed by atoms with Crippen LogP contribution in [0.25, 0.3) is 0 Å². The summed E-state index contributed by atoms with van der Waals surface area (Å²) in [6, 6.07) is 73.4. The number of halogens is 5. The number of aliphatic hydroxyl groups is 2. The van der Waals surface area contributed by atoms with E-state index in [1.807, 2.05) is 134 Å². The van der Waals surface area contributed by atoms with Gasteiger partial charge in [0, 0.05) is 23.3 Å². The molecule has 0 aliphatic carbocycles. The number of ether oxygens (including phenoxy) is 5. The van der Waals surface area contributed by atoms with Crippen LogP contribution in [0.3, 0.4) is 0 Å². The Hall–Kier alpha value is -15.4. The summed E-state index contributed by atoms with van der Waals surface area (Å²) < 4.78 is 74.4. The highest BCUT2D eigenvalue weighted by Crippen LogP contribution is 2.22. The molecule has 0 saturated heterocycles. The Bertz CT molecular complexity index is 5280. The number of hydrogen-bond acceptors (Lipinski definition) is 22. The van der Waals surface area contributed by atoms with Crippen molar-refractivity contribution in [3.63, 3.8) is 0 Å². The number of aliphatic hydroxyl groups excluding tert-OH is 2. The minimum absolute atomic E-state index is 0.0177. The summed E-state index contributed by atoms with van der Waals surface area (Å²) in [4.78, 5) is 151. The van der Waals surface area contributed by atoms with E-state index in [1.165, 1.54) is 54.6 Å². The minimum Gasteiger partial charge on any atom is -0.481 e. The van der Waals surface area contributed by atoms with Gasteiger partial charge in [-0.25, -0.2) is 51.1 Å². The van der Waals surface area contributed by atoms with Crippen molar-refractivity contribution in [1.29, 1.82) is 0 Å². The maximum absolute atomic E-state index is 12.7. The van der Waals surface area contributed by atoms with Gasteiger partial charge in [0.1, 0.15) is 71.9 Å². The third kappa shape index (κ3) is 42.5. The van der Waals surface area contributed by atoms with Crippen molar-refractivity contribution in [2.75, 3.05) is 53.7 Å². The zero-order valence-corrected chi connectivity index (χ0v) is 72.5. The van der Waals surface area contributed by atoms with Gasteiger partial charge in [0.2, 0.25) is 0 Å². The highest BCUT2D eigenvalue weighted by molar-refractivity contribution is 6.61. The first-order valence-electron chi connectivity index (χ1n) is 40.4. The maximum Gasteiger partial charge on any atom is 0.411 e. The summed E-state index contributed by atoms with van der Waals surface area (Å²) in [5.41, 5.74) is 15.6. The van der Waals surface area contributed by atoms with Crippen molar-refractivity contribution in [3.8, 4) is 0 Å². The number of aromatic carboxylic acids is 2. The first kappa shape index (κ1) is 109. The predicted molar refractivity (Wildman–Crippen MR) is 485 cm³/mol. The molecule has 10 aromatic rings. The molecule has 0 heterocycles. The first-order chi connectivity index (χ1) is 63.4. The molecule has 0 saturated carbocycles. The van der Waals surface area contributed by atoms with E-state index in [0.29, 0.717) is 18.5 Å². The van der Waals surface area contributed by atoms with Crippen molar-refractivity contribution in [2.45, 2.75) is 116 Å². The number of aliphatic carboxylic acids is 1. The SMILES string of the molecule is CCC(N)C(O)CF.CCC(NC(=O)c1ccccc1NC(=O)OCc1ccccc1)C(=O)CF.CCC(NC(=O)c1ccccc1NC(=O)OCc1ccccc1)C(O)CF.Nc1ccccc1C(=O)O.O=C(Cl)OCc1ccccc1.O=C(Nc1ccccc1C(=O)O)OCc1ccccc1.O=C(O)CC(NC(=O)c1ccccc1NC(=O)OCc1ccccc1)C(=O)CF. The maximum atomic E-state index is 12.7. The molecule has 7 amide bonds. The Morgan fingerprint density at radius 3 is 0.879 bits per heavy atom. The molecule has 700 valence electrons. The third-order valence-electron chi connectivity index (χ3n) is 17.8. The summed E-state index contributed by atoms with van der Waals surface area (Å²) >= 11 is 4.97. The number of Topliss-reactive ketones (excluding diaryl/α,β-unsaturated/α-hetero) is 2. The number of carbonyl (C=O) groups excluding carboxylic acids is 10. The largest absolute Gasteiger partial charge is 0.481 e. The van der Waals surface area contributed by atoms with Crippen LogP contribution in [0.4, 0.5) is 70.0 Å². The van der Waals surface area contributed by atoms with E-state index in [-0.39, 0.29) is 90.0 Å². The van der Waals surface area contributed by atoms with Crippen molar-refractivity contribution in [3.05, 3.63) is 329 Å². The van der Waals surface area contributed by atoms with Gasteiger partial charge in [-0.15, -0.1) is 0 Å². The van der Waals surface area contributed by atoms with E-state index in [9.17, 15) is 85.0 Å². The Balaban J connectivity index is 0.000000335. The molecule has 0 radical (unpaired) electrons. The van der Waals surface area contributed by atoms with Crippen LogP contribution in [0, 0.1) is 0 Å². The van der Waals surface area contributed by atoms with Crippen molar-refractivity contribution < 1.29 is 129 Å². The zero-order chi connectivity index (χ0) is 97.1. The lowest BCUT2D eigenvalue weighted by Crippen LogP contribution is -2.44. The second-order valence-electron chi connectivity index (χ2n) is 27.4. The van der Waals surface area contributed by atoms with Gasteiger partial charge in [-0.05, 0) is 108 Å². The molecule has 6 unspecified atom stereocenters. The fourth-order valence-electron chi connectivity index (χ4n) is 10.7. The first-order valence-corrected chi connectivity index (χ1v) is 40.8. The van der Waals surface area contributed by atoms with Gasteiger partial charge in [-0.1, -0.05) is 233 Å². The van der Waals surface area contributed by atoms with Crippen molar-refractivity contribution in [2.24, 2.45) is 5.73 Å². The van der Waals surface area contributed by atoms with E-state index < -0.39 is 146 Å². The van der Waals surface area contributed by atoms with Crippen LogP contribution in [0.1, 0.15) is 126 Å². The number of amides is 7. The quantitative estimate of drug-likeness (QED) is 0.00759. The average Bonchev–Trinajstić information content (AvgIpc) is 0.847. The van der Waals surface area contributed by atoms with Crippen LogP contribution < -0.4 is 48.7 Å². The monoisotopic (exact) mass is 1850 g/mol. The number of para-hydroxylation sites is 5. The van der Waals surface area contributed by atoms with Gasteiger partial charge < -0.3 is 76.6 Å². The Kier molecular flexibility index (Phi) is 51.1. The molecule has 0 bridgehead atoms. The zero-order valence-electron chi connectivity index (χ0n) is 71.8. The molecule has 132 heavy (non-hydrogen) atoms. The topological polar surface area (TPSA) is 505 Å². The van der Waals surface area contributed by atoms with Gasteiger partial charge >= 0.3 is 47.7 Å². The lowest BCUT2D eigenvalue weighted by atomic mass is 10.1. The van der Waals surface area contributed by atoms with E-state index in [0.717, 1.165) is 27.8 Å². The van der Waals surface area contributed by atoms with Crippen molar-refractivity contribution >= 4 is 117 Å². The van der Waals surface area contributed by atoms with Crippen LogP contribution in [-0.4, -0.2) is 166 Å². The molecule has 10 aromatic carbocycles. The van der Waals surface area contributed by atoms with Crippen LogP contribution in [0.15, 0.2) is 273 Å². The molecule has 6 atom stereocenters. The number of nitrogens with two attached hydrogens (primary N) is 2. The normalized spacial score (nSPS) is 11.4. The van der Waals surface area contributed by atoms with Crippen LogP contribution in [-0.2, 0) is 71.1 Å². The molecule has 0 spiro atoms. The van der Waals surface area contributed by atoms with Gasteiger partial charge in [-0.2, -0.15) is 0 Å². The molecular formula is C95H102ClF4N9O23. The number of carboxylic acid groups (broad SMARTS) is 3. The molecule has 32 nitrogen and oxygen atoms in total. The summed E-state index contributed by atoms with van der Waals surface area (Å²) in [7, 11) is 0. The lowest BCUT2D eigenvalue weighted by Gasteiger charge is -2.21. The average molecular weight is 1850 g/mol. The summed E-state index contributed by atoms with van der Waals surface area (Å²) in [5, 5.41) is 61.7. The number of rotatable bonds is 35. The molecule has 0 aliphatic rings. The number of ketones is 2. The van der Waals surface area contributed by atoms with Crippen LogP contribution in [0.5, 0.6) is 0 Å². The number of hydrogen-bond donors (Lipinski definition) is 14. The van der Waals surface area contributed by atoms with Gasteiger partial charge in [0.25, 0.3) is 17.7 Å². The smallest absolute Gasteiger partial charge is 0.411 e. The van der Waals surface area contributed by atoms with Gasteiger partial charge in [-0.3, -0.25) is 50.0 Å². The Labute approximate surface area is 762 Å². The second-order valence-corrected chi connectivity index (χ2v) is 27.7. The number of carbonyl (C=O) groups is 13. The fourth-order valence-corrected chi connectivity index (χ4v) is 10.8. The highest BCUT2D eigenvalue weighted by atomic mass is 35.5. The molecule has 16 N–H and O–H groups in total. The number of carboxylic acids is 3. The van der Waals surface area contributed by atoms with Crippen molar-refractivity contribution in [1.82, 2.24) is 16.0 Å². The second kappa shape index (κ2) is 61.9. The Morgan fingerprint density at radius 2 is 0.614 bits per heavy atom. The van der Waals surface area contributed by atoms with E-state index in [2.05, 4.69) is 42.0 Å². The van der Waals surface area contributed by atoms with E-state index in [4.69, 9.17) is 62.4 Å². The summed E-state index contributed by atoms with van der Waals surface area (Å²) in [6.45, 7) is 1.53. The number of benzene rings is 10. The number of nitrogen functional groups attached to an aromatic ring is 1. The minimum atomic E-state index is -1.52. The molecule has 37 heteroatoms. The fraction of sp³-hybridized carbons (Fsp3) is 0.232. The molecule has 10 rings (SSSR count). The van der Waals surface area contributed by atoms with E-state index >= 15 is 0 Å². The predicted octanol–water partition coefficient (Wildman–Crippen LogP) is 16.0. The molecular weight excluding hydrogens is 1750 g/mol. The number of nitrogens with one attached hydrogen (secondary N) is 7. The number of alkyl halides is 4. The molecule has 0 aromatic heterocycles. The van der Waals surface area contributed by atoms with Crippen LogP contribution >= 0.6 is 11.6 Å². The standard InChI is InChI=1S/C20H19FN2O6.C20H23FN2O4.C20H21FN2O4.C15H13NO4.C8H7ClO2.C7H7NO2.C5H12FNO/c21-11-17(24)16(10-18(25)26)22-19(27)14-8-4-5-9-15(14)23-20(28)29-12-13-6-2-1-3-7-13;2*1-2-16(18(24)12-21)22-19(25)15-10-6-7-11-17(15)23-20(26)27-13-14-8-4-3-5-9-14;17-14(18)12-8-4-5-9-13(12)16-15(19)20-10-11-6-2-1-3-7-11;9-8(10)11-6-7-4-2-1-3-5-7;8-6-4-2-1-3-5(6)7(9)10;1-2-4(7)5(8)3-6/h1-9,16H,10-12H2,(H,22,27)(H,23,28)(H,25,26);3-11,16,18,24H,2,12-13H2,1H3,(H,22,25)(H,23,26);3-11,16H,2,12-13H2,1H3,(H,22,25)(H,23,26);1-9H,10H2,(H,16,19)(H,17,18);1-5H,6H2;1-4H,8H2,(H,9,10);4-5,8H,2-3,7H2,1H3. The Morgan fingerprint density at radius 1 is 0.341 bits per heavy atom. The summed E-state index contributed by atoms with van der Waals surface area (Å²) in [5.74, 6) is -7.16. The number of anilines is 5. The summed E-state index contributed by atoms with van der Waals surface area (Å²) in [6.07, 6.45) is -4.68. The van der Waals surface area contributed by atoms with Gasteiger partial charge in [0.15, 0.2) is 11.6 Å². The highest BCUT2D eigenvalue weighted by Gasteiger charge is 2.28. The van der Waals surface area contributed by atoms with Crippen LogP contribution in [0.2, 0.25) is 0 Å². The lowest BCUT2D eigenvalue weighted by molar-refractivity contribution is -0.139. The molecule has 0 aliphatic heterocycles. The molecule has 0 fully saturated rings. The third-order valence-corrected chi connectivity index (χ3v) is 17.9.